The smallest absolute Gasteiger partial charge is 0.408 e. The largest absolute Gasteiger partial charge is 0.481 e. The number of aliphatic carboxylic acids is 1. The van der Waals surface area contributed by atoms with Gasteiger partial charge in [-0.25, -0.2) is 9.59 Å². The van der Waals surface area contributed by atoms with E-state index in [0.717, 1.165) is 19.6 Å². The number of benzene rings is 1. The van der Waals surface area contributed by atoms with Gasteiger partial charge in [-0.2, -0.15) is 4.39 Å². The van der Waals surface area contributed by atoms with Gasteiger partial charge in [0.2, 0.25) is 11.8 Å². The minimum absolute atomic E-state index is 0.0242. The fraction of sp³-hybridized carbons (Fsp3) is 0.478. The quantitative estimate of drug-likeness (QED) is 0.249. The number of rotatable bonds is 11. The maximum atomic E-state index is 12.6. The summed E-state index contributed by atoms with van der Waals surface area (Å²) in [5.41, 5.74) is 0.778. The van der Waals surface area contributed by atoms with E-state index in [4.69, 9.17) is 14.6 Å². The second-order valence-corrected chi connectivity index (χ2v) is 7.81. The number of carboxylic acids is 1. The molecule has 0 spiro atoms. The van der Waals surface area contributed by atoms with Crippen molar-refractivity contribution in [1.82, 2.24) is 16.0 Å². The minimum atomic E-state index is -1.41. The van der Waals surface area contributed by atoms with Crippen molar-refractivity contribution in [1.29, 1.82) is 0 Å². The van der Waals surface area contributed by atoms with E-state index in [1.54, 1.807) is 38.1 Å². The van der Waals surface area contributed by atoms with Gasteiger partial charge in [-0.05, 0) is 18.4 Å². The van der Waals surface area contributed by atoms with Gasteiger partial charge in [0.05, 0.1) is 13.5 Å². The first-order chi connectivity index (χ1) is 16.8. The number of carboxylic acid groups (broad SMARTS) is 1. The number of nitrogens with one attached hydrogen (secondary N) is 3. The molecule has 36 heavy (non-hydrogen) atoms. The molecule has 0 saturated heterocycles. The molecule has 0 fully saturated rings. The lowest BCUT2D eigenvalue weighted by Crippen LogP contribution is -2.56. The van der Waals surface area contributed by atoms with Crippen molar-refractivity contribution >= 4 is 35.9 Å². The van der Waals surface area contributed by atoms with Gasteiger partial charge in [0, 0.05) is 6.92 Å². The molecule has 13 heteroatoms. The Balaban J connectivity index is 0.00000283. The molecule has 4 N–H and O–H groups in total. The summed E-state index contributed by atoms with van der Waals surface area (Å²) < 4.78 is 20.0. The van der Waals surface area contributed by atoms with E-state index in [1.165, 1.54) is 6.92 Å². The number of esters is 1. The van der Waals surface area contributed by atoms with Gasteiger partial charge in [0.15, 0.2) is 0 Å². The molecule has 0 heterocycles. The number of methoxy groups -OCH3 is 1. The average molecular weight is 514 g/mol. The van der Waals surface area contributed by atoms with E-state index in [1.807, 2.05) is 6.07 Å². The monoisotopic (exact) mass is 513 g/mol. The number of hydrogen-bond donors (Lipinski definition) is 4. The molecule has 3 atom stereocenters. The zero-order valence-corrected chi connectivity index (χ0v) is 20.7. The van der Waals surface area contributed by atoms with Crippen molar-refractivity contribution in [3.63, 3.8) is 0 Å². The van der Waals surface area contributed by atoms with Gasteiger partial charge < -0.3 is 30.5 Å². The van der Waals surface area contributed by atoms with Crippen molar-refractivity contribution < 1.29 is 47.7 Å². The molecule has 12 nitrogen and oxygen atoms in total. The minimum Gasteiger partial charge on any atom is -0.481 e. The first-order valence-corrected chi connectivity index (χ1v) is 10.8. The molecule has 1 aromatic carbocycles. The Labute approximate surface area is 207 Å². The van der Waals surface area contributed by atoms with Crippen LogP contribution in [0.5, 0.6) is 0 Å². The van der Waals surface area contributed by atoms with Gasteiger partial charge in [-0.3, -0.25) is 19.2 Å². The van der Waals surface area contributed by atoms with E-state index in [-0.39, 0.29) is 12.5 Å². The highest BCUT2D eigenvalue weighted by Crippen LogP contribution is 2.06. The van der Waals surface area contributed by atoms with E-state index in [2.05, 4.69) is 20.7 Å². The molecule has 1 aromatic rings. The number of amides is 3. The molecule has 0 unspecified atom stereocenters. The van der Waals surface area contributed by atoms with Crippen LogP contribution < -0.4 is 16.0 Å². The fourth-order valence-electron chi connectivity index (χ4n) is 2.60. The number of ether oxygens (including phenoxy) is 2. The third kappa shape index (κ3) is 13.6. The van der Waals surface area contributed by atoms with Gasteiger partial charge >= 0.3 is 18.0 Å². The second kappa shape index (κ2) is 16.6. The molecule has 0 aromatic heterocycles. The Kier molecular flexibility index (Phi) is 14.7. The molecule has 3 amide bonds. The summed E-state index contributed by atoms with van der Waals surface area (Å²) in [4.78, 5) is 68.4. The summed E-state index contributed by atoms with van der Waals surface area (Å²) >= 11 is 0. The normalized spacial score (nSPS) is 12.5. The summed E-state index contributed by atoms with van der Waals surface area (Å²) in [7, 11) is 1.06. The Hall–Kier alpha value is -4.03. The summed E-state index contributed by atoms with van der Waals surface area (Å²) in [6.07, 6.45) is -1.48. The number of halogens is 1. The van der Waals surface area contributed by atoms with Crippen LogP contribution in [0.4, 0.5) is 9.18 Å². The maximum Gasteiger partial charge on any atom is 0.408 e. The summed E-state index contributed by atoms with van der Waals surface area (Å²) in [5.74, 6) is -4.00. The van der Waals surface area contributed by atoms with Gasteiger partial charge in [0.1, 0.15) is 24.7 Å². The van der Waals surface area contributed by atoms with Gasteiger partial charge in [0.25, 0.3) is 6.04 Å². The average Bonchev–Trinajstić information content (AvgIpc) is 2.79. The molecule has 1 rings (SSSR count). The highest BCUT2D eigenvalue weighted by atomic mass is 19.1. The van der Waals surface area contributed by atoms with Crippen molar-refractivity contribution in [2.24, 2.45) is 5.92 Å². The lowest BCUT2D eigenvalue weighted by molar-refractivity contribution is -0.149. The number of carbonyl (C=O) groups is 6. The Bertz CT molecular complexity index is 905. The molecule has 0 saturated carbocycles. The summed E-state index contributed by atoms with van der Waals surface area (Å²) in [6, 6.07) is 4.14. The highest BCUT2D eigenvalue weighted by Gasteiger charge is 2.30. The van der Waals surface area contributed by atoms with Crippen molar-refractivity contribution in [3.8, 4) is 0 Å². The molecule has 200 valence electrons. The van der Waals surface area contributed by atoms with Crippen LogP contribution in [0.3, 0.4) is 0 Å². The van der Waals surface area contributed by atoms with E-state index in [9.17, 15) is 28.4 Å². The highest BCUT2D eigenvalue weighted by molar-refractivity contribution is 5.93. The van der Waals surface area contributed by atoms with Crippen LogP contribution >= 0.6 is 0 Å². The van der Waals surface area contributed by atoms with Gasteiger partial charge in [-0.1, -0.05) is 44.2 Å². The number of alkyl carbamates (subject to hydrolysis) is 1. The predicted octanol–water partition coefficient (Wildman–Crippen LogP) is 1.08. The van der Waals surface area contributed by atoms with E-state index < -0.39 is 60.4 Å². The van der Waals surface area contributed by atoms with Crippen molar-refractivity contribution in [2.45, 2.75) is 58.8 Å². The van der Waals surface area contributed by atoms with Crippen LogP contribution in [0, 0.1) is 5.92 Å². The number of carbonyl (C=O) groups excluding carboxylic acids is 5. The molecule has 0 radical (unpaired) electrons. The summed E-state index contributed by atoms with van der Waals surface area (Å²) in [5, 5.41) is 16.0. The fourth-order valence-corrected chi connectivity index (χ4v) is 2.60. The third-order valence-electron chi connectivity index (χ3n) is 4.37. The van der Waals surface area contributed by atoms with Crippen molar-refractivity contribution in [2.75, 3.05) is 7.11 Å². The molecular weight excluding hydrogens is 481 g/mol. The van der Waals surface area contributed by atoms with Gasteiger partial charge in [-0.15, -0.1) is 0 Å². The maximum absolute atomic E-state index is 12.6. The first-order valence-electron chi connectivity index (χ1n) is 10.8. The molecular formula is C23H32FN3O9. The summed E-state index contributed by atoms with van der Waals surface area (Å²) in [6.45, 7) is 5.64. The predicted molar refractivity (Wildman–Crippen MR) is 124 cm³/mol. The second-order valence-electron chi connectivity index (χ2n) is 7.81. The Morgan fingerprint density at radius 1 is 0.944 bits per heavy atom. The van der Waals surface area contributed by atoms with Crippen LogP contribution in [0.25, 0.3) is 0 Å². The lowest BCUT2D eigenvalue weighted by atomic mass is 10.0. The van der Waals surface area contributed by atoms with Crippen LogP contribution in [-0.4, -0.2) is 66.2 Å². The third-order valence-corrected chi connectivity index (χ3v) is 4.37. The standard InChI is InChI=1S/C21H29N3O8.C2H3FO/c1-12(2)17(24-21(30)32-11-14-8-6-5-7-9-14)19(28)22-13(3)18(27)23-15(10-16(25)26)20(29)31-4;1-2(3)4/h5-9,12-13,15,17H,10-11H2,1-4H3,(H,22,28)(H,23,27)(H,24,30)(H,25,26);1H3/t13-,15-,17-;/m0./s1. The first kappa shape index (κ1) is 32.0. The lowest BCUT2D eigenvalue weighted by Gasteiger charge is -2.24. The van der Waals surface area contributed by atoms with Crippen LogP contribution in [0.1, 0.15) is 39.7 Å². The van der Waals surface area contributed by atoms with Crippen LogP contribution in [0.2, 0.25) is 0 Å². The number of hydrogen-bond acceptors (Lipinski definition) is 8. The molecule has 0 bridgehead atoms. The van der Waals surface area contributed by atoms with E-state index >= 15 is 0 Å². The van der Waals surface area contributed by atoms with E-state index in [0.29, 0.717) is 0 Å². The Morgan fingerprint density at radius 2 is 1.50 bits per heavy atom. The van der Waals surface area contributed by atoms with Crippen molar-refractivity contribution in [3.05, 3.63) is 35.9 Å². The molecule has 0 aliphatic heterocycles. The van der Waals surface area contributed by atoms with Crippen LogP contribution in [0.15, 0.2) is 30.3 Å². The topological polar surface area (TPSA) is 177 Å². The zero-order valence-electron chi connectivity index (χ0n) is 20.7. The van der Waals surface area contributed by atoms with Crippen LogP contribution in [-0.2, 0) is 40.1 Å². The Morgan fingerprint density at radius 3 is 1.97 bits per heavy atom. The SMILES string of the molecule is CC(=O)F.COC(=O)[C@H](CC(=O)O)NC(=O)[C@H](C)NC(=O)[C@@H](NC(=O)OCc1ccccc1)C(C)C. The molecule has 0 aliphatic carbocycles. The molecule has 0 aliphatic rings. The zero-order chi connectivity index (χ0) is 27.8.